The van der Waals surface area contributed by atoms with Crippen LogP contribution in [0.5, 0.6) is 0 Å². The van der Waals surface area contributed by atoms with Crippen molar-refractivity contribution in [3.05, 3.63) is 19.0 Å². The highest BCUT2D eigenvalue weighted by atomic mass is 15.2. The summed E-state index contributed by atoms with van der Waals surface area (Å²) in [5.41, 5.74) is 15.4. The maximum absolute atomic E-state index is 5.14. The van der Waals surface area contributed by atoms with Crippen LogP contribution in [-0.4, -0.2) is 29.9 Å². The van der Waals surface area contributed by atoms with E-state index in [2.05, 4.69) is 29.9 Å². The fourth-order valence-corrected chi connectivity index (χ4v) is 0.632. The lowest BCUT2D eigenvalue weighted by Gasteiger charge is -1.93. The summed E-state index contributed by atoms with van der Waals surface area (Å²) in [7, 11) is 0. The first-order valence-electron chi connectivity index (χ1n) is 3.76. The van der Waals surface area contributed by atoms with Crippen LogP contribution in [0, 0.1) is 0 Å². The molecule has 0 unspecified atom stereocenters. The third-order valence-electron chi connectivity index (χ3n) is 1.09. The molecule has 0 atom stereocenters. The van der Waals surface area contributed by atoms with Crippen LogP contribution in [0.3, 0.4) is 0 Å². The smallest absolute Gasteiger partial charge is 0.226 e. The quantitative estimate of drug-likeness (QED) is 0.467. The second kappa shape index (κ2) is 5.21. The molecule has 0 amide bonds. The van der Waals surface area contributed by atoms with Gasteiger partial charge in [-0.2, -0.15) is 15.0 Å². The minimum Gasteiger partial charge on any atom is -0.368 e. The standard InChI is InChI=1S/C3H6N6.C3H3N3/c4-1-7-2(5)9-3(6)8-1;1-4-2-6-3-5-1/h(H6,4,5,6,7,8,9);1-3H. The fraction of sp³-hybridized carbons (Fsp3) is 0. The molecule has 0 bridgehead atoms. The van der Waals surface area contributed by atoms with Gasteiger partial charge in [0, 0.05) is 0 Å². The number of hydrogen-bond acceptors (Lipinski definition) is 9. The van der Waals surface area contributed by atoms with Crippen LogP contribution in [0.15, 0.2) is 19.0 Å². The molecule has 0 aliphatic carbocycles. The highest BCUT2D eigenvalue weighted by Crippen LogP contribution is 1.97. The van der Waals surface area contributed by atoms with Gasteiger partial charge in [0.2, 0.25) is 17.8 Å². The lowest BCUT2D eigenvalue weighted by molar-refractivity contribution is 1.05. The normalized spacial score (nSPS) is 8.80. The second-order valence-corrected chi connectivity index (χ2v) is 2.20. The van der Waals surface area contributed by atoms with Crippen LogP contribution in [0.2, 0.25) is 0 Å². The molecule has 0 aromatic carbocycles. The molecule has 0 saturated carbocycles. The third-order valence-corrected chi connectivity index (χ3v) is 1.09. The van der Waals surface area contributed by atoms with Crippen molar-refractivity contribution in [1.29, 1.82) is 0 Å². The van der Waals surface area contributed by atoms with Crippen molar-refractivity contribution in [3.8, 4) is 0 Å². The van der Waals surface area contributed by atoms with Gasteiger partial charge in [0.05, 0.1) is 0 Å². The lowest BCUT2D eigenvalue weighted by Crippen LogP contribution is -2.05. The van der Waals surface area contributed by atoms with E-state index in [1.807, 2.05) is 0 Å². The molecule has 0 aliphatic rings. The van der Waals surface area contributed by atoms with Crippen LogP contribution >= 0.6 is 0 Å². The van der Waals surface area contributed by atoms with Gasteiger partial charge in [-0.25, -0.2) is 15.0 Å². The molecule has 78 valence electrons. The van der Waals surface area contributed by atoms with E-state index >= 15 is 0 Å². The highest BCUT2D eigenvalue weighted by Gasteiger charge is 1.93. The molecule has 2 heterocycles. The zero-order valence-electron chi connectivity index (χ0n) is 7.65. The summed E-state index contributed by atoms with van der Waals surface area (Å²) >= 11 is 0. The van der Waals surface area contributed by atoms with Crippen molar-refractivity contribution in [2.75, 3.05) is 17.2 Å². The van der Waals surface area contributed by atoms with Crippen molar-refractivity contribution < 1.29 is 0 Å². The summed E-state index contributed by atoms with van der Waals surface area (Å²) in [5, 5.41) is 0. The van der Waals surface area contributed by atoms with Crippen molar-refractivity contribution in [3.63, 3.8) is 0 Å². The first kappa shape index (κ1) is 10.5. The average Bonchev–Trinajstić information content (AvgIpc) is 2.19. The molecule has 9 heteroatoms. The summed E-state index contributed by atoms with van der Waals surface area (Å²) in [4.78, 5) is 21.2. The Hall–Kier alpha value is -2.58. The first-order chi connectivity index (χ1) is 7.18. The van der Waals surface area contributed by atoms with Crippen molar-refractivity contribution in [2.45, 2.75) is 0 Å². The maximum atomic E-state index is 5.14. The second-order valence-electron chi connectivity index (χ2n) is 2.20. The van der Waals surface area contributed by atoms with Gasteiger partial charge < -0.3 is 17.2 Å². The van der Waals surface area contributed by atoms with E-state index in [0.717, 1.165) is 0 Å². The summed E-state index contributed by atoms with van der Waals surface area (Å²) in [6.07, 6.45) is 4.31. The van der Waals surface area contributed by atoms with E-state index in [0.29, 0.717) is 0 Å². The number of nitrogens with zero attached hydrogens (tertiary/aromatic N) is 6. The third kappa shape index (κ3) is 4.26. The van der Waals surface area contributed by atoms with E-state index in [4.69, 9.17) is 17.2 Å². The predicted octanol–water partition coefficient (Wildman–Crippen LogP) is -1.51. The van der Waals surface area contributed by atoms with Crippen molar-refractivity contribution >= 4 is 17.8 Å². The molecule has 2 aromatic rings. The summed E-state index contributed by atoms with van der Waals surface area (Å²) in [6.45, 7) is 0. The Morgan fingerprint density at radius 2 is 0.867 bits per heavy atom. The Balaban J connectivity index is 0.000000162. The lowest BCUT2D eigenvalue weighted by atomic mass is 10.9. The zero-order valence-corrected chi connectivity index (χ0v) is 7.65. The van der Waals surface area contributed by atoms with Crippen molar-refractivity contribution in [1.82, 2.24) is 29.9 Å². The number of nitrogen functional groups attached to an aromatic ring is 3. The molecular weight excluding hydrogens is 198 g/mol. The molecule has 0 radical (unpaired) electrons. The molecule has 2 rings (SSSR count). The Morgan fingerprint density at radius 1 is 0.600 bits per heavy atom. The van der Waals surface area contributed by atoms with Gasteiger partial charge in [0.1, 0.15) is 19.0 Å². The monoisotopic (exact) mass is 207 g/mol. The Morgan fingerprint density at radius 3 is 1.07 bits per heavy atom. The van der Waals surface area contributed by atoms with E-state index in [9.17, 15) is 0 Å². The number of nitrogens with two attached hydrogens (primary N) is 3. The van der Waals surface area contributed by atoms with Gasteiger partial charge >= 0.3 is 0 Å². The van der Waals surface area contributed by atoms with Gasteiger partial charge in [0.15, 0.2) is 0 Å². The maximum Gasteiger partial charge on any atom is 0.226 e. The summed E-state index contributed by atoms with van der Waals surface area (Å²) in [5.74, 6) is 0.125. The topological polar surface area (TPSA) is 155 Å². The number of rotatable bonds is 0. The largest absolute Gasteiger partial charge is 0.368 e. The van der Waals surface area contributed by atoms with E-state index < -0.39 is 0 Å². The Bertz CT molecular complexity index is 325. The Kier molecular flexibility index (Phi) is 3.65. The van der Waals surface area contributed by atoms with Crippen molar-refractivity contribution in [2.24, 2.45) is 0 Å². The fourth-order valence-electron chi connectivity index (χ4n) is 0.632. The van der Waals surface area contributed by atoms with E-state index in [1.54, 1.807) is 0 Å². The molecule has 15 heavy (non-hydrogen) atoms. The SMILES string of the molecule is Nc1nc(N)nc(N)n1.c1ncncn1. The van der Waals surface area contributed by atoms with E-state index in [1.165, 1.54) is 19.0 Å². The molecule has 6 N–H and O–H groups in total. The molecular formula is C6H9N9. The first-order valence-corrected chi connectivity index (χ1v) is 3.76. The minimum atomic E-state index is 0.0417. The zero-order chi connectivity index (χ0) is 11.1. The molecule has 9 nitrogen and oxygen atoms in total. The van der Waals surface area contributed by atoms with Gasteiger partial charge in [-0.3, -0.25) is 0 Å². The number of aromatic nitrogens is 6. The van der Waals surface area contributed by atoms with Gasteiger partial charge in [0.25, 0.3) is 0 Å². The minimum absolute atomic E-state index is 0.0417. The molecule has 0 fully saturated rings. The summed E-state index contributed by atoms with van der Waals surface area (Å²) in [6, 6.07) is 0. The molecule has 0 aliphatic heterocycles. The number of hydrogen-bond donors (Lipinski definition) is 3. The average molecular weight is 207 g/mol. The van der Waals surface area contributed by atoms with Crippen LogP contribution in [-0.2, 0) is 0 Å². The highest BCUT2D eigenvalue weighted by molar-refractivity contribution is 5.33. The molecule has 0 spiro atoms. The van der Waals surface area contributed by atoms with E-state index in [-0.39, 0.29) is 17.8 Å². The molecule has 0 saturated heterocycles. The van der Waals surface area contributed by atoms with Gasteiger partial charge in [-0.15, -0.1) is 0 Å². The van der Waals surface area contributed by atoms with Crippen LogP contribution in [0.25, 0.3) is 0 Å². The Labute approximate surface area is 84.8 Å². The molecule has 2 aromatic heterocycles. The predicted molar refractivity (Wildman–Crippen MR) is 52.9 cm³/mol. The van der Waals surface area contributed by atoms with Crippen LogP contribution in [0.1, 0.15) is 0 Å². The van der Waals surface area contributed by atoms with Gasteiger partial charge in [-0.05, 0) is 0 Å². The number of anilines is 3. The summed E-state index contributed by atoms with van der Waals surface area (Å²) < 4.78 is 0. The van der Waals surface area contributed by atoms with Gasteiger partial charge in [-0.1, -0.05) is 0 Å². The van der Waals surface area contributed by atoms with Crippen LogP contribution in [0.4, 0.5) is 17.8 Å². The van der Waals surface area contributed by atoms with Crippen LogP contribution < -0.4 is 17.2 Å².